The van der Waals surface area contributed by atoms with Crippen LogP contribution in [-0.2, 0) is 0 Å². The van der Waals surface area contributed by atoms with Gasteiger partial charge >= 0.3 is 5.97 Å². The number of para-hydroxylation sites is 1. The number of hydrogen-bond donors (Lipinski definition) is 0. The van der Waals surface area contributed by atoms with Gasteiger partial charge in [0.25, 0.3) is 5.56 Å². The summed E-state index contributed by atoms with van der Waals surface area (Å²) in [6.45, 7) is 2.69. The molecule has 0 aliphatic carbocycles. The molecule has 0 saturated carbocycles. The van der Waals surface area contributed by atoms with Crippen LogP contribution in [0.2, 0.25) is 0 Å². The largest absolute Gasteiger partial charge is 0.497 e. The van der Waals surface area contributed by atoms with Gasteiger partial charge in [0.1, 0.15) is 17.2 Å². The SMILES string of the molecule is CCCCOc1ccc(C(=O)On2c(-c3cc(OC)cc(OC)c3)nc3ccccc3c2=O)cc1. The van der Waals surface area contributed by atoms with Crippen molar-refractivity contribution in [1.82, 2.24) is 9.71 Å². The molecular weight excluding hydrogens is 448 g/mol. The summed E-state index contributed by atoms with van der Waals surface area (Å²) in [5.41, 5.74) is 0.703. The average Bonchev–Trinajstić information content (AvgIpc) is 2.90. The lowest BCUT2D eigenvalue weighted by Gasteiger charge is -2.14. The Morgan fingerprint density at radius 3 is 2.26 bits per heavy atom. The summed E-state index contributed by atoms with van der Waals surface area (Å²) in [7, 11) is 3.05. The summed E-state index contributed by atoms with van der Waals surface area (Å²) >= 11 is 0. The maximum absolute atomic E-state index is 13.4. The van der Waals surface area contributed by atoms with E-state index in [9.17, 15) is 9.59 Å². The number of ether oxygens (including phenoxy) is 3. The third-order valence-electron chi connectivity index (χ3n) is 5.38. The molecule has 0 unspecified atom stereocenters. The molecule has 0 amide bonds. The summed E-state index contributed by atoms with van der Waals surface area (Å²) in [4.78, 5) is 36.6. The Morgan fingerprint density at radius 1 is 0.914 bits per heavy atom. The van der Waals surface area contributed by atoms with Gasteiger partial charge in [-0.2, -0.15) is 0 Å². The van der Waals surface area contributed by atoms with Gasteiger partial charge in [0.2, 0.25) is 0 Å². The molecule has 0 aliphatic heterocycles. The summed E-state index contributed by atoms with van der Waals surface area (Å²) < 4.78 is 17.3. The highest BCUT2D eigenvalue weighted by atomic mass is 16.7. The average molecular weight is 475 g/mol. The van der Waals surface area contributed by atoms with Crippen molar-refractivity contribution in [2.45, 2.75) is 19.8 Å². The first kappa shape index (κ1) is 23.8. The smallest absolute Gasteiger partial charge is 0.363 e. The minimum absolute atomic E-state index is 0.138. The molecule has 4 aromatic rings. The molecule has 0 aliphatic rings. The first-order chi connectivity index (χ1) is 17.0. The van der Waals surface area contributed by atoms with Crippen molar-refractivity contribution in [3.63, 3.8) is 0 Å². The lowest BCUT2D eigenvalue weighted by molar-refractivity contribution is 0.0449. The fourth-order valence-corrected chi connectivity index (χ4v) is 3.48. The number of rotatable bonds is 9. The fourth-order valence-electron chi connectivity index (χ4n) is 3.48. The topological polar surface area (TPSA) is 88.9 Å². The molecule has 0 saturated heterocycles. The van der Waals surface area contributed by atoms with Crippen molar-refractivity contribution < 1.29 is 23.8 Å². The molecule has 0 atom stereocenters. The van der Waals surface area contributed by atoms with Gasteiger partial charge in [0, 0.05) is 11.6 Å². The predicted octanol–water partition coefficient (Wildman–Crippen LogP) is 4.53. The van der Waals surface area contributed by atoms with E-state index in [1.165, 1.54) is 14.2 Å². The molecule has 3 aromatic carbocycles. The molecule has 0 N–H and O–H groups in total. The Hall–Kier alpha value is -4.33. The number of hydrogen-bond acceptors (Lipinski definition) is 7. The van der Waals surface area contributed by atoms with E-state index in [1.54, 1.807) is 66.7 Å². The number of benzene rings is 3. The number of fused-ring (bicyclic) bond motifs is 1. The third kappa shape index (κ3) is 5.27. The minimum Gasteiger partial charge on any atom is -0.497 e. The Kier molecular flexibility index (Phi) is 7.30. The Balaban J connectivity index is 1.75. The highest BCUT2D eigenvalue weighted by Gasteiger charge is 2.19. The Morgan fingerprint density at radius 2 is 1.60 bits per heavy atom. The maximum atomic E-state index is 13.4. The molecule has 8 nitrogen and oxygen atoms in total. The zero-order valence-corrected chi connectivity index (χ0v) is 19.8. The van der Waals surface area contributed by atoms with Crippen LogP contribution < -0.4 is 24.6 Å². The second-order valence-corrected chi connectivity index (χ2v) is 7.76. The predicted molar refractivity (Wildman–Crippen MR) is 132 cm³/mol. The molecule has 180 valence electrons. The van der Waals surface area contributed by atoms with E-state index < -0.39 is 11.5 Å². The number of carbonyl (C=O) groups excluding carboxylic acids is 1. The molecular formula is C27H26N2O6. The van der Waals surface area contributed by atoms with Crippen molar-refractivity contribution in [3.8, 4) is 28.6 Å². The molecule has 0 radical (unpaired) electrons. The van der Waals surface area contributed by atoms with Crippen LogP contribution in [0.5, 0.6) is 17.2 Å². The number of unbranched alkanes of at least 4 members (excludes halogenated alkanes) is 1. The number of carbonyl (C=O) groups is 1. The molecule has 35 heavy (non-hydrogen) atoms. The molecule has 4 rings (SSSR count). The maximum Gasteiger partial charge on any atom is 0.363 e. The summed E-state index contributed by atoms with van der Waals surface area (Å²) in [6.07, 6.45) is 1.97. The standard InChI is InChI=1S/C27H26N2O6/c1-4-5-14-34-20-12-10-18(11-13-20)27(31)35-29-25(19-15-21(32-2)17-22(16-19)33-3)28-24-9-7-6-8-23(24)26(29)30/h6-13,15-17H,4-5,14H2,1-3H3. The van der Waals surface area contributed by atoms with Gasteiger partial charge in [-0.1, -0.05) is 25.5 Å². The summed E-state index contributed by atoms with van der Waals surface area (Å²) in [6, 6.07) is 18.5. The summed E-state index contributed by atoms with van der Waals surface area (Å²) in [5, 5.41) is 0.318. The monoisotopic (exact) mass is 474 g/mol. The Labute approximate surface area is 202 Å². The van der Waals surface area contributed by atoms with Crippen molar-refractivity contribution >= 4 is 16.9 Å². The van der Waals surface area contributed by atoms with Crippen LogP contribution in [0.15, 0.2) is 71.5 Å². The van der Waals surface area contributed by atoms with Crippen LogP contribution in [0.4, 0.5) is 0 Å². The van der Waals surface area contributed by atoms with Crippen LogP contribution in [0.3, 0.4) is 0 Å². The van der Waals surface area contributed by atoms with E-state index >= 15 is 0 Å². The third-order valence-corrected chi connectivity index (χ3v) is 5.38. The number of aromatic nitrogens is 2. The van der Waals surface area contributed by atoms with Crippen molar-refractivity contribution in [2.24, 2.45) is 0 Å². The highest BCUT2D eigenvalue weighted by molar-refractivity contribution is 5.90. The molecule has 0 bridgehead atoms. The molecule has 0 fully saturated rings. The van der Waals surface area contributed by atoms with Gasteiger partial charge in [-0.25, -0.2) is 9.78 Å². The zero-order chi connectivity index (χ0) is 24.8. The van der Waals surface area contributed by atoms with Gasteiger partial charge in [-0.15, -0.1) is 4.73 Å². The number of methoxy groups -OCH3 is 2. The van der Waals surface area contributed by atoms with Gasteiger partial charge in [-0.05, 0) is 55.0 Å². The first-order valence-corrected chi connectivity index (χ1v) is 11.2. The van der Waals surface area contributed by atoms with Crippen molar-refractivity contribution in [1.29, 1.82) is 0 Å². The van der Waals surface area contributed by atoms with Crippen molar-refractivity contribution in [2.75, 3.05) is 20.8 Å². The van der Waals surface area contributed by atoms with Crippen LogP contribution >= 0.6 is 0 Å². The number of nitrogens with zero attached hydrogens (tertiary/aromatic N) is 2. The van der Waals surface area contributed by atoms with E-state index in [0.29, 0.717) is 40.3 Å². The second kappa shape index (κ2) is 10.7. The van der Waals surface area contributed by atoms with E-state index in [0.717, 1.165) is 17.6 Å². The van der Waals surface area contributed by atoms with E-state index in [-0.39, 0.29) is 11.4 Å². The van der Waals surface area contributed by atoms with E-state index in [1.807, 2.05) is 0 Å². The van der Waals surface area contributed by atoms with Crippen LogP contribution in [0.25, 0.3) is 22.3 Å². The Bertz CT molecular complexity index is 1370. The molecule has 1 aromatic heterocycles. The molecule has 0 spiro atoms. The van der Waals surface area contributed by atoms with Crippen molar-refractivity contribution in [3.05, 3.63) is 82.6 Å². The lowest BCUT2D eigenvalue weighted by Crippen LogP contribution is -2.33. The van der Waals surface area contributed by atoms with Crippen LogP contribution in [0, 0.1) is 0 Å². The summed E-state index contributed by atoms with van der Waals surface area (Å²) in [5.74, 6) is 1.08. The highest BCUT2D eigenvalue weighted by Crippen LogP contribution is 2.29. The normalized spacial score (nSPS) is 10.7. The van der Waals surface area contributed by atoms with Gasteiger partial charge in [-0.3, -0.25) is 4.79 Å². The quantitative estimate of drug-likeness (QED) is 0.329. The molecule has 1 heterocycles. The van der Waals surface area contributed by atoms with Gasteiger partial charge < -0.3 is 19.0 Å². The molecule has 8 heteroatoms. The van der Waals surface area contributed by atoms with E-state index in [4.69, 9.17) is 19.0 Å². The van der Waals surface area contributed by atoms with Gasteiger partial charge in [0.15, 0.2) is 5.82 Å². The fraction of sp³-hybridized carbons (Fsp3) is 0.222. The second-order valence-electron chi connectivity index (χ2n) is 7.76. The first-order valence-electron chi connectivity index (χ1n) is 11.2. The van der Waals surface area contributed by atoms with E-state index in [2.05, 4.69) is 11.9 Å². The van der Waals surface area contributed by atoms with Crippen LogP contribution in [-0.4, -0.2) is 36.5 Å². The zero-order valence-electron chi connectivity index (χ0n) is 19.8. The van der Waals surface area contributed by atoms with Gasteiger partial charge in [0.05, 0.1) is 37.3 Å². The van der Waals surface area contributed by atoms with Crippen LogP contribution in [0.1, 0.15) is 30.1 Å². The lowest BCUT2D eigenvalue weighted by atomic mass is 10.1. The minimum atomic E-state index is -0.708.